The predicted octanol–water partition coefficient (Wildman–Crippen LogP) is 3.44. The van der Waals surface area contributed by atoms with Crippen LogP contribution in [0.1, 0.15) is 44.1 Å². The summed E-state index contributed by atoms with van der Waals surface area (Å²) in [4.78, 5) is 2.17. The smallest absolute Gasteiger partial charge is 0.0821 e. The highest BCUT2D eigenvalue weighted by molar-refractivity contribution is 9.10. The Labute approximate surface area is 135 Å². The highest BCUT2D eigenvalue weighted by atomic mass is 79.9. The van der Waals surface area contributed by atoms with Crippen molar-refractivity contribution < 1.29 is 5.11 Å². The van der Waals surface area contributed by atoms with Crippen molar-refractivity contribution in [3.63, 3.8) is 0 Å². The molecule has 0 heterocycles. The topological polar surface area (TPSA) is 35.5 Å². The van der Waals surface area contributed by atoms with Crippen molar-refractivity contribution in [2.75, 3.05) is 18.5 Å². The van der Waals surface area contributed by atoms with Crippen LogP contribution in [0.5, 0.6) is 0 Å². The van der Waals surface area contributed by atoms with E-state index in [1.165, 1.54) is 18.4 Å². The number of rotatable bonds is 6. The lowest BCUT2D eigenvalue weighted by atomic mass is 10.0. The van der Waals surface area contributed by atoms with E-state index in [4.69, 9.17) is 0 Å². The zero-order valence-corrected chi connectivity index (χ0v) is 14.3. The lowest BCUT2D eigenvalue weighted by Crippen LogP contribution is -2.39. The molecular weight excluding hydrogens is 328 g/mol. The van der Waals surface area contributed by atoms with E-state index >= 15 is 0 Å². The summed E-state index contributed by atoms with van der Waals surface area (Å²) in [5.74, 6) is 0. The molecule has 0 aromatic heterocycles. The molecule has 0 aliphatic heterocycles. The summed E-state index contributed by atoms with van der Waals surface area (Å²) in [6, 6.07) is 7.28. The first kappa shape index (κ1) is 15.3. The van der Waals surface area contributed by atoms with E-state index in [1.807, 2.05) is 0 Å². The Balaban J connectivity index is 1.63. The van der Waals surface area contributed by atoms with E-state index in [0.29, 0.717) is 6.54 Å². The lowest BCUT2D eigenvalue weighted by molar-refractivity contribution is 0.0559. The maximum atomic E-state index is 10.6. The Morgan fingerprint density at radius 3 is 2.67 bits per heavy atom. The van der Waals surface area contributed by atoms with Crippen molar-refractivity contribution in [3.8, 4) is 0 Å². The summed E-state index contributed by atoms with van der Waals surface area (Å²) in [7, 11) is 2.07. The number of hydrogen-bond donors (Lipinski definition) is 2. The zero-order valence-electron chi connectivity index (χ0n) is 12.7. The summed E-state index contributed by atoms with van der Waals surface area (Å²) >= 11 is 3.69. The fourth-order valence-corrected chi connectivity index (χ4v) is 3.97. The minimum atomic E-state index is -0.500. The fourth-order valence-electron chi connectivity index (χ4n) is 3.24. The first-order valence-corrected chi connectivity index (χ1v) is 8.80. The van der Waals surface area contributed by atoms with Crippen LogP contribution in [0, 0.1) is 0 Å². The van der Waals surface area contributed by atoms with Gasteiger partial charge in [0.2, 0.25) is 0 Å². The molecule has 0 bridgehead atoms. The highest BCUT2D eigenvalue weighted by Gasteiger charge is 2.32. The summed E-state index contributed by atoms with van der Waals surface area (Å²) in [5.41, 5.74) is 1.97. The van der Waals surface area contributed by atoms with E-state index in [9.17, 15) is 5.11 Å². The van der Waals surface area contributed by atoms with Gasteiger partial charge in [-0.15, -0.1) is 0 Å². The van der Waals surface area contributed by atoms with Gasteiger partial charge in [-0.1, -0.05) is 18.9 Å². The van der Waals surface area contributed by atoms with Gasteiger partial charge in [0.25, 0.3) is 0 Å². The Morgan fingerprint density at radius 2 is 2.05 bits per heavy atom. The summed E-state index contributed by atoms with van der Waals surface area (Å²) in [6.07, 6.45) is 6.80. The molecule has 21 heavy (non-hydrogen) atoms. The van der Waals surface area contributed by atoms with E-state index in [1.54, 1.807) is 0 Å². The second-order valence-corrected chi connectivity index (χ2v) is 7.58. The van der Waals surface area contributed by atoms with Crippen LogP contribution in [0.15, 0.2) is 22.7 Å². The molecule has 0 spiro atoms. The average molecular weight is 353 g/mol. The molecule has 0 amide bonds. The molecule has 2 aliphatic carbocycles. The molecule has 3 nitrogen and oxygen atoms in total. The maximum absolute atomic E-state index is 10.6. The average Bonchev–Trinajstić information content (AvgIpc) is 3.18. The third-order valence-corrected chi connectivity index (χ3v) is 5.30. The molecule has 2 fully saturated rings. The molecule has 1 aromatic rings. The van der Waals surface area contributed by atoms with Crippen molar-refractivity contribution in [2.24, 2.45) is 0 Å². The first-order valence-electron chi connectivity index (χ1n) is 8.01. The van der Waals surface area contributed by atoms with Gasteiger partial charge in [-0.2, -0.15) is 0 Å². The molecule has 3 rings (SSSR count). The molecule has 2 aliphatic rings. The largest absolute Gasteiger partial charge is 0.388 e. The van der Waals surface area contributed by atoms with E-state index < -0.39 is 5.60 Å². The summed E-state index contributed by atoms with van der Waals surface area (Å²) in [6.45, 7) is 1.66. The molecule has 1 aromatic carbocycles. The Kier molecular flexibility index (Phi) is 4.57. The molecule has 0 saturated heterocycles. The molecular formula is C17H25BrN2O. The number of likely N-dealkylation sites (N-methyl/N-ethyl adjacent to an activating group) is 1. The molecule has 0 atom stereocenters. The Morgan fingerprint density at radius 1 is 1.33 bits per heavy atom. The number of aliphatic hydroxyl groups is 1. The third kappa shape index (κ3) is 3.99. The number of anilines is 1. The molecule has 0 radical (unpaired) electrons. The van der Waals surface area contributed by atoms with Crippen molar-refractivity contribution in [1.29, 1.82) is 0 Å². The summed E-state index contributed by atoms with van der Waals surface area (Å²) < 4.78 is 1.11. The van der Waals surface area contributed by atoms with Gasteiger partial charge in [0.05, 0.1) is 11.3 Å². The van der Waals surface area contributed by atoms with Crippen LogP contribution >= 0.6 is 15.9 Å². The van der Waals surface area contributed by atoms with Crippen molar-refractivity contribution >= 4 is 21.6 Å². The van der Waals surface area contributed by atoms with Gasteiger partial charge in [-0.3, -0.25) is 0 Å². The van der Waals surface area contributed by atoms with Gasteiger partial charge in [0, 0.05) is 30.7 Å². The fraction of sp³-hybridized carbons (Fsp3) is 0.647. The van der Waals surface area contributed by atoms with Crippen LogP contribution < -0.4 is 10.2 Å². The van der Waals surface area contributed by atoms with Gasteiger partial charge in [0.15, 0.2) is 0 Å². The molecule has 0 unspecified atom stereocenters. The molecule has 2 saturated carbocycles. The van der Waals surface area contributed by atoms with Gasteiger partial charge in [-0.05, 0) is 59.3 Å². The van der Waals surface area contributed by atoms with Gasteiger partial charge in [-0.25, -0.2) is 0 Å². The molecule has 4 heteroatoms. The zero-order chi connectivity index (χ0) is 14.9. The number of halogens is 1. The minimum Gasteiger partial charge on any atom is -0.388 e. The van der Waals surface area contributed by atoms with Gasteiger partial charge < -0.3 is 15.3 Å². The SMILES string of the molecule is CN(CC1(O)CCCC1)c1ccc(CNC2CC2)cc1Br. The van der Waals surface area contributed by atoms with Crippen LogP contribution in [0.2, 0.25) is 0 Å². The van der Waals surface area contributed by atoms with E-state index in [2.05, 4.69) is 51.4 Å². The van der Waals surface area contributed by atoms with Crippen molar-refractivity contribution in [3.05, 3.63) is 28.2 Å². The summed E-state index contributed by atoms with van der Waals surface area (Å²) in [5, 5.41) is 14.1. The number of benzene rings is 1. The van der Waals surface area contributed by atoms with Crippen LogP contribution in [0.25, 0.3) is 0 Å². The van der Waals surface area contributed by atoms with Crippen molar-refractivity contribution in [1.82, 2.24) is 5.32 Å². The Bertz CT molecular complexity index is 496. The normalized spacial score (nSPS) is 20.7. The minimum absolute atomic E-state index is 0.500. The maximum Gasteiger partial charge on any atom is 0.0821 e. The van der Waals surface area contributed by atoms with Crippen LogP contribution in [0.3, 0.4) is 0 Å². The lowest BCUT2D eigenvalue weighted by Gasteiger charge is -2.30. The van der Waals surface area contributed by atoms with E-state index in [-0.39, 0.29) is 0 Å². The van der Waals surface area contributed by atoms with Crippen molar-refractivity contribution in [2.45, 2.75) is 56.7 Å². The van der Waals surface area contributed by atoms with Crippen LogP contribution in [-0.4, -0.2) is 30.3 Å². The van der Waals surface area contributed by atoms with E-state index in [0.717, 1.165) is 48.4 Å². The predicted molar refractivity (Wildman–Crippen MR) is 90.7 cm³/mol. The standard InChI is InChI=1S/C17H25BrN2O/c1-20(12-17(21)8-2-3-9-17)16-7-4-13(10-15(16)18)11-19-14-5-6-14/h4,7,10,14,19,21H,2-3,5-6,8-9,11-12H2,1H3. The monoisotopic (exact) mass is 352 g/mol. The molecule has 2 N–H and O–H groups in total. The quantitative estimate of drug-likeness (QED) is 0.822. The second-order valence-electron chi connectivity index (χ2n) is 6.73. The number of nitrogens with zero attached hydrogens (tertiary/aromatic N) is 1. The molecule has 116 valence electrons. The van der Waals surface area contributed by atoms with Gasteiger partial charge >= 0.3 is 0 Å². The second kappa shape index (κ2) is 6.27. The Hall–Kier alpha value is -0.580. The number of nitrogens with one attached hydrogen (secondary N) is 1. The third-order valence-electron chi connectivity index (χ3n) is 4.66. The highest BCUT2D eigenvalue weighted by Crippen LogP contribution is 2.33. The van der Waals surface area contributed by atoms with Crippen LogP contribution in [-0.2, 0) is 6.54 Å². The first-order chi connectivity index (χ1) is 10.1. The number of hydrogen-bond acceptors (Lipinski definition) is 3. The van der Waals surface area contributed by atoms with Crippen LogP contribution in [0.4, 0.5) is 5.69 Å². The van der Waals surface area contributed by atoms with Gasteiger partial charge in [0.1, 0.15) is 0 Å².